The molecular weight excluding hydrogens is 259 g/mol. The maximum absolute atomic E-state index is 13.2. The molecule has 0 amide bonds. The van der Waals surface area contributed by atoms with Crippen LogP contribution >= 0.6 is 0 Å². The third kappa shape index (κ3) is 3.07. The summed E-state index contributed by atoms with van der Waals surface area (Å²) in [5.74, 6) is -5.16. The van der Waals surface area contributed by atoms with E-state index in [9.17, 15) is 18.0 Å². The van der Waals surface area contributed by atoms with Gasteiger partial charge in [-0.05, 0) is 43.6 Å². The van der Waals surface area contributed by atoms with Gasteiger partial charge in [-0.25, -0.2) is 13.2 Å². The highest BCUT2D eigenvalue weighted by atomic mass is 19.2. The number of nitrogens with zero attached hydrogens (tertiary/aromatic N) is 1. The van der Waals surface area contributed by atoms with Crippen LogP contribution in [-0.2, 0) is 4.79 Å². The Morgan fingerprint density at radius 1 is 1.21 bits per heavy atom. The summed E-state index contributed by atoms with van der Waals surface area (Å²) in [5, 5.41) is 8.91. The highest BCUT2D eigenvalue weighted by Gasteiger charge is 2.27. The van der Waals surface area contributed by atoms with Gasteiger partial charge in [0.2, 0.25) is 0 Å². The van der Waals surface area contributed by atoms with E-state index in [0.717, 1.165) is 25.0 Å². The van der Waals surface area contributed by atoms with Crippen LogP contribution in [0.3, 0.4) is 0 Å². The highest BCUT2D eigenvalue weighted by Crippen LogP contribution is 2.29. The fourth-order valence-corrected chi connectivity index (χ4v) is 2.44. The van der Waals surface area contributed by atoms with Crippen LogP contribution in [0, 0.1) is 17.5 Å². The monoisotopic (exact) mass is 273 g/mol. The zero-order chi connectivity index (χ0) is 14.0. The average Bonchev–Trinajstić information content (AvgIpc) is 2.85. The SMILES string of the molecule is O=C(O)CC(c1cc(F)c(F)c(F)c1)N1CCCC1. The Kier molecular flexibility index (Phi) is 4.09. The fourth-order valence-electron chi connectivity index (χ4n) is 2.44. The van der Waals surface area contributed by atoms with Gasteiger partial charge in [-0.2, -0.15) is 0 Å². The topological polar surface area (TPSA) is 40.5 Å². The summed E-state index contributed by atoms with van der Waals surface area (Å²) in [6, 6.07) is 1.14. The van der Waals surface area contributed by atoms with E-state index in [4.69, 9.17) is 5.11 Å². The van der Waals surface area contributed by atoms with Crippen LogP contribution < -0.4 is 0 Å². The summed E-state index contributed by atoms with van der Waals surface area (Å²) in [6.07, 6.45) is 1.58. The molecule has 3 nitrogen and oxygen atoms in total. The molecule has 104 valence electrons. The van der Waals surface area contributed by atoms with Crippen LogP contribution in [-0.4, -0.2) is 29.1 Å². The molecule has 1 aliphatic heterocycles. The largest absolute Gasteiger partial charge is 0.481 e. The van der Waals surface area contributed by atoms with E-state index < -0.39 is 29.5 Å². The molecule has 1 N–H and O–H groups in total. The van der Waals surface area contributed by atoms with Crippen molar-refractivity contribution in [1.82, 2.24) is 4.90 Å². The quantitative estimate of drug-likeness (QED) is 0.857. The maximum atomic E-state index is 13.2. The molecule has 0 bridgehead atoms. The number of halogens is 3. The van der Waals surface area contributed by atoms with Crippen LogP contribution in [0.15, 0.2) is 12.1 Å². The third-order valence-electron chi connectivity index (χ3n) is 3.34. The van der Waals surface area contributed by atoms with Crippen molar-refractivity contribution in [2.24, 2.45) is 0 Å². The van der Waals surface area contributed by atoms with Crippen LogP contribution in [0.25, 0.3) is 0 Å². The van der Waals surface area contributed by atoms with Gasteiger partial charge in [0.15, 0.2) is 17.5 Å². The predicted molar refractivity (Wildman–Crippen MR) is 62.1 cm³/mol. The molecule has 0 aromatic heterocycles. The molecule has 1 atom stereocenters. The van der Waals surface area contributed by atoms with Gasteiger partial charge in [0.1, 0.15) is 0 Å². The van der Waals surface area contributed by atoms with Gasteiger partial charge in [-0.1, -0.05) is 0 Å². The minimum absolute atomic E-state index is 0.167. The van der Waals surface area contributed by atoms with E-state index in [-0.39, 0.29) is 12.0 Å². The lowest BCUT2D eigenvalue weighted by Crippen LogP contribution is -2.28. The van der Waals surface area contributed by atoms with Crippen LogP contribution in [0.2, 0.25) is 0 Å². The molecule has 1 heterocycles. The molecule has 1 saturated heterocycles. The Morgan fingerprint density at radius 2 is 1.74 bits per heavy atom. The van der Waals surface area contributed by atoms with Crippen LogP contribution in [0.4, 0.5) is 13.2 Å². The molecule has 1 unspecified atom stereocenters. The standard InChI is InChI=1S/C13H14F3NO2/c14-9-5-8(6-10(15)13(9)16)11(7-12(18)19)17-3-1-2-4-17/h5-6,11H,1-4,7H2,(H,18,19). The number of benzene rings is 1. The number of carboxylic acid groups (broad SMARTS) is 1. The summed E-state index contributed by atoms with van der Waals surface area (Å²) in [4.78, 5) is 12.7. The second-order valence-corrected chi connectivity index (χ2v) is 4.66. The Balaban J connectivity index is 2.34. The van der Waals surface area contributed by atoms with E-state index in [0.29, 0.717) is 13.1 Å². The number of carboxylic acids is 1. The summed E-state index contributed by atoms with van der Waals surface area (Å²) >= 11 is 0. The zero-order valence-electron chi connectivity index (χ0n) is 10.2. The number of hydrogen-bond acceptors (Lipinski definition) is 2. The van der Waals surface area contributed by atoms with E-state index in [1.807, 2.05) is 4.90 Å². The molecule has 6 heteroatoms. The Labute approximate surface area is 108 Å². The first-order chi connectivity index (χ1) is 8.99. The van der Waals surface area contributed by atoms with Gasteiger partial charge < -0.3 is 5.11 Å². The van der Waals surface area contributed by atoms with E-state index >= 15 is 0 Å². The van der Waals surface area contributed by atoms with E-state index in [1.54, 1.807) is 0 Å². The van der Waals surface area contributed by atoms with Crippen molar-refractivity contribution in [3.8, 4) is 0 Å². The van der Waals surface area contributed by atoms with Crippen molar-refractivity contribution in [2.45, 2.75) is 25.3 Å². The van der Waals surface area contributed by atoms with Crippen molar-refractivity contribution < 1.29 is 23.1 Å². The first-order valence-corrected chi connectivity index (χ1v) is 6.09. The van der Waals surface area contributed by atoms with Crippen molar-refractivity contribution in [1.29, 1.82) is 0 Å². The second-order valence-electron chi connectivity index (χ2n) is 4.66. The molecule has 0 saturated carbocycles. The molecule has 0 spiro atoms. The van der Waals surface area contributed by atoms with Crippen molar-refractivity contribution in [3.63, 3.8) is 0 Å². The summed E-state index contributed by atoms with van der Waals surface area (Å²) in [6.45, 7) is 1.36. The molecule has 0 radical (unpaired) electrons. The minimum Gasteiger partial charge on any atom is -0.481 e. The van der Waals surface area contributed by atoms with Crippen molar-refractivity contribution >= 4 is 5.97 Å². The van der Waals surface area contributed by atoms with Gasteiger partial charge in [0.05, 0.1) is 6.42 Å². The molecule has 0 aliphatic carbocycles. The minimum atomic E-state index is -1.53. The number of likely N-dealkylation sites (tertiary alicyclic amines) is 1. The molecule has 2 rings (SSSR count). The number of hydrogen-bond donors (Lipinski definition) is 1. The molecule has 1 aliphatic rings. The normalized spacial score (nSPS) is 17.6. The number of rotatable bonds is 4. The van der Waals surface area contributed by atoms with Gasteiger partial charge in [0, 0.05) is 6.04 Å². The second kappa shape index (κ2) is 5.61. The fraction of sp³-hybridized carbons (Fsp3) is 0.462. The Hall–Kier alpha value is -1.56. The molecule has 1 fully saturated rings. The van der Waals surface area contributed by atoms with Gasteiger partial charge >= 0.3 is 5.97 Å². The predicted octanol–water partition coefficient (Wildman–Crippen LogP) is 2.72. The summed E-state index contributed by atoms with van der Waals surface area (Å²) in [5.41, 5.74) is 0.167. The third-order valence-corrected chi connectivity index (χ3v) is 3.34. The molecule has 1 aromatic carbocycles. The molecule has 1 aromatic rings. The van der Waals surface area contributed by atoms with Gasteiger partial charge in [-0.3, -0.25) is 9.69 Å². The highest BCUT2D eigenvalue weighted by molar-refractivity contribution is 5.68. The Bertz CT molecular complexity index is 464. The first-order valence-electron chi connectivity index (χ1n) is 6.09. The number of carbonyl (C=O) groups is 1. The number of aliphatic carboxylic acids is 1. The molecular formula is C13H14F3NO2. The van der Waals surface area contributed by atoms with Crippen LogP contribution in [0.5, 0.6) is 0 Å². The van der Waals surface area contributed by atoms with Gasteiger partial charge in [0.25, 0.3) is 0 Å². The lowest BCUT2D eigenvalue weighted by atomic mass is 10.0. The van der Waals surface area contributed by atoms with Gasteiger partial charge in [-0.15, -0.1) is 0 Å². The maximum Gasteiger partial charge on any atom is 0.305 e. The van der Waals surface area contributed by atoms with Crippen LogP contribution in [0.1, 0.15) is 30.9 Å². The zero-order valence-corrected chi connectivity index (χ0v) is 10.2. The summed E-state index contributed by atoms with van der Waals surface area (Å²) in [7, 11) is 0. The van der Waals surface area contributed by atoms with E-state index in [1.165, 1.54) is 0 Å². The average molecular weight is 273 g/mol. The Morgan fingerprint density at radius 3 is 2.21 bits per heavy atom. The first kappa shape index (κ1) is 13.9. The lowest BCUT2D eigenvalue weighted by Gasteiger charge is -2.26. The lowest BCUT2D eigenvalue weighted by molar-refractivity contribution is -0.138. The van der Waals surface area contributed by atoms with Crippen molar-refractivity contribution in [2.75, 3.05) is 13.1 Å². The van der Waals surface area contributed by atoms with E-state index in [2.05, 4.69) is 0 Å². The smallest absolute Gasteiger partial charge is 0.305 e. The molecule has 19 heavy (non-hydrogen) atoms. The van der Waals surface area contributed by atoms with Crippen molar-refractivity contribution in [3.05, 3.63) is 35.1 Å². The summed E-state index contributed by atoms with van der Waals surface area (Å²) < 4.78 is 39.4.